The zero-order chi connectivity index (χ0) is 21.2. The number of rotatable bonds is 0. The molecule has 0 saturated heterocycles. The maximum Gasteiger partial charge on any atom is -0.0351 e. The molecule has 0 heterocycles. The average molecular weight is 417 g/mol. The Morgan fingerprint density at radius 2 is 0.300 bits per heavy atom. The van der Waals surface area contributed by atoms with E-state index >= 15 is 0 Å². The minimum Gasteiger partial charge on any atom is -0.0885 e. The molecule has 0 amide bonds. The van der Waals surface area contributed by atoms with Crippen LogP contribution in [-0.2, 0) is 0 Å². The highest BCUT2D eigenvalue weighted by Crippen LogP contribution is 2.15. The Morgan fingerprint density at radius 1 is 0.167 bits per heavy atom. The normalized spacial score (nSPS) is 22.9. The molecule has 0 atom stereocenters. The molecule has 0 bridgehead atoms. The zero-order valence-electron chi connectivity index (χ0n) is 20.7. The minimum absolute atomic E-state index is 1.31. The molecule has 0 radical (unpaired) electrons. The second-order valence-electron chi connectivity index (χ2n) is 9.88. The summed E-state index contributed by atoms with van der Waals surface area (Å²) < 4.78 is 0. The summed E-state index contributed by atoms with van der Waals surface area (Å²) >= 11 is 0. The van der Waals surface area contributed by atoms with Gasteiger partial charge >= 0.3 is 0 Å². The fourth-order valence-electron chi connectivity index (χ4n) is 4.70. The van der Waals surface area contributed by atoms with Crippen molar-refractivity contribution in [1.82, 2.24) is 0 Å². The Morgan fingerprint density at radius 3 is 0.467 bits per heavy atom. The van der Waals surface area contributed by atoms with Crippen LogP contribution in [0.5, 0.6) is 0 Å². The Labute approximate surface area is 191 Å². The van der Waals surface area contributed by atoms with E-state index in [1.54, 1.807) is 0 Å². The zero-order valence-corrected chi connectivity index (χ0v) is 20.7. The second kappa shape index (κ2) is 24.7. The minimum atomic E-state index is 1.31. The van der Waals surface area contributed by atoms with Gasteiger partial charge in [0.15, 0.2) is 0 Å². The SMILES string of the molecule is C1=CCCCCCCCCCCCCCC=CCCCCCCCCCCCCC1. The summed E-state index contributed by atoms with van der Waals surface area (Å²) in [6, 6.07) is 0. The maximum absolute atomic E-state index is 2.45. The molecule has 0 heteroatoms. The van der Waals surface area contributed by atoms with Crippen LogP contribution in [0.1, 0.15) is 167 Å². The van der Waals surface area contributed by atoms with Gasteiger partial charge in [0.2, 0.25) is 0 Å². The number of hydrogen-bond donors (Lipinski definition) is 0. The smallest absolute Gasteiger partial charge is 0.0351 e. The van der Waals surface area contributed by atoms with Gasteiger partial charge in [-0.2, -0.15) is 0 Å². The quantitative estimate of drug-likeness (QED) is 0.344. The molecule has 0 nitrogen and oxygen atoms in total. The molecule has 0 aromatic rings. The molecule has 176 valence electrons. The lowest BCUT2D eigenvalue weighted by molar-refractivity contribution is 0.545. The summed E-state index contributed by atoms with van der Waals surface area (Å²) in [5.74, 6) is 0. The molecule has 0 saturated carbocycles. The van der Waals surface area contributed by atoms with E-state index in [1.807, 2.05) is 0 Å². The summed E-state index contributed by atoms with van der Waals surface area (Å²) in [5.41, 5.74) is 0. The molecular formula is C30H56. The van der Waals surface area contributed by atoms with Gasteiger partial charge in [-0.05, 0) is 51.4 Å². The molecule has 0 aromatic carbocycles. The molecule has 0 spiro atoms. The van der Waals surface area contributed by atoms with Crippen LogP contribution >= 0.6 is 0 Å². The van der Waals surface area contributed by atoms with Crippen LogP contribution in [0.25, 0.3) is 0 Å². The van der Waals surface area contributed by atoms with Crippen molar-refractivity contribution >= 4 is 0 Å². The Balaban J connectivity index is 2.07. The Kier molecular flexibility index (Phi) is 22.7. The third-order valence-electron chi connectivity index (χ3n) is 6.82. The molecule has 30 heavy (non-hydrogen) atoms. The van der Waals surface area contributed by atoms with E-state index in [0.717, 1.165) is 0 Å². The van der Waals surface area contributed by atoms with E-state index in [4.69, 9.17) is 0 Å². The first-order chi connectivity index (χ1) is 15.0. The van der Waals surface area contributed by atoms with E-state index < -0.39 is 0 Å². The standard InChI is InChI=1S/C30H56/c1-2-4-6-8-10-12-14-16-18-20-22-24-26-28-30-29-27-25-23-21-19-17-15-13-11-9-7-5-3-1/h1-2,29-30H,3-28H2. The molecule has 1 aliphatic rings. The highest BCUT2D eigenvalue weighted by Gasteiger charge is 1.95. The van der Waals surface area contributed by atoms with Crippen molar-refractivity contribution in [3.63, 3.8) is 0 Å². The fraction of sp³-hybridized carbons (Fsp3) is 0.867. The molecule has 0 aromatic heterocycles. The van der Waals surface area contributed by atoms with Crippen molar-refractivity contribution in [3.8, 4) is 0 Å². The van der Waals surface area contributed by atoms with Crippen molar-refractivity contribution in [2.45, 2.75) is 167 Å². The molecule has 0 fully saturated rings. The van der Waals surface area contributed by atoms with Crippen LogP contribution in [0.3, 0.4) is 0 Å². The van der Waals surface area contributed by atoms with Gasteiger partial charge in [-0.15, -0.1) is 0 Å². The van der Waals surface area contributed by atoms with Crippen LogP contribution in [0.15, 0.2) is 24.3 Å². The topological polar surface area (TPSA) is 0 Å². The van der Waals surface area contributed by atoms with Crippen LogP contribution in [-0.4, -0.2) is 0 Å². The largest absolute Gasteiger partial charge is 0.0885 e. The predicted octanol–water partition coefficient (Wildman–Crippen LogP) is 11.3. The summed E-state index contributed by atoms with van der Waals surface area (Å²) in [7, 11) is 0. The summed E-state index contributed by atoms with van der Waals surface area (Å²) in [4.78, 5) is 0. The van der Waals surface area contributed by atoms with Gasteiger partial charge in [-0.3, -0.25) is 0 Å². The summed E-state index contributed by atoms with van der Waals surface area (Å²) in [5, 5.41) is 0. The number of hydrogen-bond acceptors (Lipinski definition) is 0. The first-order valence-electron chi connectivity index (χ1n) is 14.3. The van der Waals surface area contributed by atoms with Gasteiger partial charge in [0.05, 0.1) is 0 Å². The lowest BCUT2D eigenvalue weighted by atomic mass is 10.0. The highest BCUT2D eigenvalue weighted by atomic mass is 14.0. The third-order valence-corrected chi connectivity index (χ3v) is 6.82. The Bertz CT molecular complexity index is 296. The van der Waals surface area contributed by atoms with Crippen molar-refractivity contribution in [2.24, 2.45) is 0 Å². The molecule has 0 N–H and O–H groups in total. The van der Waals surface area contributed by atoms with Crippen LogP contribution in [0.2, 0.25) is 0 Å². The highest BCUT2D eigenvalue weighted by molar-refractivity contribution is 4.82. The van der Waals surface area contributed by atoms with E-state index in [1.165, 1.54) is 167 Å². The van der Waals surface area contributed by atoms with E-state index in [2.05, 4.69) is 24.3 Å². The van der Waals surface area contributed by atoms with E-state index in [0.29, 0.717) is 0 Å². The fourth-order valence-corrected chi connectivity index (χ4v) is 4.70. The second-order valence-corrected chi connectivity index (χ2v) is 9.88. The van der Waals surface area contributed by atoms with Crippen LogP contribution in [0.4, 0.5) is 0 Å². The van der Waals surface area contributed by atoms with Crippen molar-refractivity contribution in [3.05, 3.63) is 24.3 Å². The lowest BCUT2D eigenvalue weighted by Gasteiger charge is -2.03. The first-order valence-corrected chi connectivity index (χ1v) is 14.3. The van der Waals surface area contributed by atoms with Crippen molar-refractivity contribution in [2.75, 3.05) is 0 Å². The third kappa shape index (κ3) is 22.2. The van der Waals surface area contributed by atoms with Crippen molar-refractivity contribution in [1.29, 1.82) is 0 Å². The summed E-state index contributed by atoms with van der Waals surface area (Å²) in [6.45, 7) is 0. The Hall–Kier alpha value is -0.520. The molecule has 1 rings (SSSR count). The average Bonchev–Trinajstić information content (AvgIpc) is 2.76. The predicted molar refractivity (Wildman–Crippen MR) is 138 cm³/mol. The van der Waals surface area contributed by atoms with Gasteiger partial charge in [0.1, 0.15) is 0 Å². The monoisotopic (exact) mass is 416 g/mol. The van der Waals surface area contributed by atoms with Crippen molar-refractivity contribution < 1.29 is 0 Å². The molecule has 0 unspecified atom stereocenters. The lowest BCUT2D eigenvalue weighted by Crippen LogP contribution is -1.83. The van der Waals surface area contributed by atoms with Gasteiger partial charge in [-0.25, -0.2) is 0 Å². The van der Waals surface area contributed by atoms with Gasteiger partial charge in [-0.1, -0.05) is 140 Å². The van der Waals surface area contributed by atoms with E-state index in [-0.39, 0.29) is 0 Å². The van der Waals surface area contributed by atoms with Gasteiger partial charge in [0, 0.05) is 0 Å². The van der Waals surface area contributed by atoms with Gasteiger partial charge in [0.25, 0.3) is 0 Å². The van der Waals surface area contributed by atoms with Crippen LogP contribution < -0.4 is 0 Å². The summed E-state index contributed by atoms with van der Waals surface area (Å²) in [6.07, 6.45) is 47.0. The molecule has 0 aliphatic heterocycles. The van der Waals surface area contributed by atoms with Crippen LogP contribution in [0, 0.1) is 0 Å². The molecule has 1 aliphatic carbocycles. The first kappa shape index (κ1) is 27.5. The van der Waals surface area contributed by atoms with Gasteiger partial charge < -0.3 is 0 Å². The molecular weight excluding hydrogens is 360 g/mol. The number of allylic oxidation sites excluding steroid dienone is 4. The van der Waals surface area contributed by atoms with E-state index in [9.17, 15) is 0 Å². The maximum atomic E-state index is 2.45.